The van der Waals surface area contributed by atoms with E-state index in [1.807, 2.05) is 17.9 Å². The SMILES string of the molecule is CCN(CC(=O)N(C)C)c1ccc(C(N)=S)c(Cl)c1. The predicted molar refractivity (Wildman–Crippen MR) is 83.9 cm³/mol. The lowest BCUT2D eigenvalue weighted by molar-refractivity contribution is -0.127. The summed E-state index contributed by atoms with van der Waals surface area (Å²) >= 11 is 11.0. The second-order valence-corrected chi connectivity index (χ2v) is 5.18. The van der Waals surface area contributed by atoms with Gasteiger partial charge in [0.25, 0.3) is 0 Å². The Bertz CT molecular complexity index is 491. The van der Waals surface area contributed by atoms with Crippen LogP contribution in [0.1, 0.15) is 12.5 Å². The molecule has 19 heavy (non-hydrogen) atoms. The number of hydrogen-bond donors (Lipinski definition) is 1. The number of halogens is 1. The van der Waals surface area contributed by atoms with E-state index in [9.17, 15) is 4.79 Å². The second-order valence-electron chi connectivity index (χ2n) is 4.33. The smallest absolute Gasteiger partial charge is 0.241 e. The summed E-state index contributed by atoms with van der Waals surface area (Å²) in [5.41, 5.74) is 7.09. The summed E-state index contributed by atoms with van der Waals surface area (Å²) in [6.45, 7) is 3.01. The fourth-order valence-corrected chi connectivity index (χ4v) is 2.10. The molecular weight excluding hydrogens is 282 g/mol. The summed E-state index contributed by atoms with van der Waals surface area (Å²) in [4.78, 5) is 15.5. The average Bonchev–Trinajstić information content (AvgIpc) is 2.34. The third kappa shape index (κ3) is 4.08. The van der Waals surface area contributed by atoms with Crippen LogP contribution in [0.4, 0.5) is 5.69 Å². The van der Waals surface area contributed by atoms with E-state index >= 15 is 0 Å². The Labute approximate surface area is 124 Å². The number of hydrogen-bond acceptors (Lipinski definition) is 3. The number of nitrogens with two attached hydrogens (primary N) is 1. The highest BCUT2D eigenvalue weighted by molar-refractivity contribution is 7.80. The zero-order valence-corrected chi connectivity index (χ0v) is 12.9. The van der Waals surface area contributed by atoms with E-state index in [-0.39, 0.29) is 10.9 Å². The van der Waals surface area contributed by atoms with E-state index in [0.29, 0.717) is 23.7 Å². The molecule has 2 N–H and O–H groups in total. The maximum Gasteiger partial charge on any atom is 0.241 e. The summed E-state index contributed by atoms with van der Waals surface area (Å²) in [7, 11) is 3.47. The molecule has 104 valence electrons. The minimum Gasteiger partial charge on any atom is -0.389 e. The number of benzene rings is 1. The van der Waals surface area contributed by atoms with Crippen LogP contribution in [0.5, 0.6) is 0 Å². The summed E-state index contributed by atoms with van der Waals surface area (Å²) in [6, 6.07) is 5.43. The summed E-state index contributed by atoms with van der Waals surface area (Å²) in [6.07, 6.45) is 0. The zero-order valence-electron chi connectivity index (χ0n) is 11.3. The summed E-state index contributed by atoms with van der Waals surface area (Å²) < 4.78 is 0. The van der Waals surface area contributed by atoms with Crippen molar-refractivity contribution in [3.05, 3.63) is 28.8 Å². The lowest BCUT2D eigenvalue weighted by Crippen LogP contribution is -2.36. The van der Waals surface area contributed by atoms with E-state index in [0.717, 1.165) is 5.69 Å². The predicted octanol–water partition coefficient (Wildman–Crippen LogP) is 1.89. The lowest BCUT2D eigenvalue weighted by Gasteiger charge is -2.24. The Morgan fingerprint density at radius 1 is 1.42 bits per heavy atom. The second kappa shape index (κ2) is 6.73. The Morgan fingerprint density at radius 2 is 2.05 bits per heavy atom. The van der Waals surface area contributed by atoms with Crippen LogP contribution in [0.3, 0.4) is 0 Å². The number of carbonyl (C=O) groups excluding carboxylic acids is 1. The van der Waals surface area contributed by atoms with Gasteiger partial charge < -0.3 is 15.5 Å². The van der Waals surface area contributed by atoms with Crippen molar-refractivity contribution in [2.75, 3.05) is 32.1 Å². The minimum absolute atomic E-state index is 0.0383. The first-order valence-electron chi connectivity index (χ1n) is 5.91. The first-order valence-corrected chi connectivity index (χ1v) is 6.69. The highest BCUT2D eigenvalue weighted by atomic mass is 35.5. The van der Waals surface area contributed by atoms with Crippen molar-refractivity contribution in [3.8, 4) is 0 Å². The highest BCUT2D eigenvalue weighted by Crippen LogP contribution is 2.23. The van der Waals surface area contributed by atoms with Gasteiger partial charge in [0.15, 0.2) is 0 Å². The monoisotopic (exact) mass is 299 g/mol. The van der Waals surface area contributed by atoms with Crippen LogP contribution in [0.25, 0.3) is 0 Å². The zero-order chi connectivity index (χ0) is 14.6. The first kappa shape index (κ1) is 15.7. The van der Waals surface area contributed by atoms with Crippen LogP contribution in [-0.2, 0) is 4.79 Å². The van der Waals surface area contributed by atoms with Crippen molar-refractivity contribution in [3.63, 3.8) is 0 Å². The molecule has 1 rings (SSSR count). The maximum atomic E-state index is 11.8. The molecule has 6 heteroatoms. The molecule has 0 unspecified atom stereocenters. The standard InChI is InChI=1S/C13H18ClN3OS/c1-4-17(8-12(18)16(2)3)9-5-6-10(13(15)19)11(14)7-9/h5-7H,4,8H2,1-3H3,(H2,15,19). The Hall–Kier alpha value is -1.33. The van der Waals surface area contributed by atoms with Crippen LogP contribution in [0.2, 0.25) is 5.02 Å². The summed E-state index contributed by atoms with van der Waals surface area (Å²) in [5.74, 6) is 0.0383. The van der Waals surface area contributed by atoms with Crippen LogP contribution in [-0.4, -0.2) is 43.0 Å². The van der Waals surface area contributed by atoms with Crippen molar-refractivity contribution in [2.24, 2.45) is 5.73 Å². The van der Waals surface area contributed by atoms with Crippen LogP contribution in [0, 0.1) is 0 Å². The lowest BCUT2D eigenvalue weighted by atomic mass is 10.2. The molecule has 0 spiro atoms. The maximum absolute atomic E-state index is 11.8. The molecule has 0 atom stereocenters. The van der Waals surface area contributed by atoms with E-state index in [4.69, 9.17) is 29.6 Å². The van der Waals surface area contributed by atoms with E-state index in [1.165, 1.54) is 0 Å². The molecule has 0 saturated carbocycles. The largest absolute Gasteiger partial charge is 0.389 e. The molecule has 1 aromatic rings. The van der Waals surface area contributed by atoms with Crippen molar-refractivity contribution in [2.45, 2.75) is 6.92 Å². The number of likely N-dealkylation sites (N-methyl/N-ethyl adjacent to an activating group) is 2. The van der Waals surface area contributed by atoms with Crippen LogP contribution < -0.4 is 10.6 Å². The van der Waals surface area contributed by atoms with Crippen molar-refractivity contribution in [1.29, 1.82) is 0 Å². The van der Waals surface area contributed by atoms with Gasteiger partial charge >= 0.3 is 0 Å². The number of carbonyl (C=O) groups is 1. The van der Waals surface area contributed by atoms with Crippen molar-refractivity contribution < 1.29 is 4.79 Å². The van der Waals surface area contributed by atoms with Gasteiger partial charge in [-0.25, -0.2) is 0 Å². The quantitative estimate of drug-likeness (QED) is 0.844. The highest BCUT2D eigenvalue weighted by Gasteiger charge is 2.13. The van der Waals surface area contributed by atoms with Gasteiger partial charge in [0.05, 0.1) is 11.6 Å². The van der Waals surface area contributed by atoms with Crippen molar-refractivity contribution in [1.82, 2.24) is 4.90 Å². The minimum atomic E-state index is 0.0383. The van der Waals surface area contributed by atoms with E-state index in [1.54, 1.807) is 31.1 Å². The van der Waals surface area contributed by atoms with E-state index < -0.39 is 0 Å². The molecule has 1 amide bonds. The summed E-state index contributed by atoms with van der Waals surface area (Å²) in [5, 5.41) is 0.501. The van der Waals surface area contributed by atoms with Crippen molar-refractivity contribution >= 4 is 40.4 Å². The van der Waals surface area contributed by atoms with Gasteiger partial charge in [0.1, 0.15) is 4.99 Å². The molecule has 0 bridgehead atoms. The van der Waals surface area contributed by atoms with Crippen LogP contribution >= 0.6 is 23.8 Å². The molecule has 0 radical (unpaired) electrons. The molecule has 0 heterocycles. The topological polar surface area (TPSA) is 49.6 Å². The normalized spacial score (nSPS) is 10.1. The third-order valence-electron chi connectivity index (χ3n) is 2.79. The van der Waals surface area contributed by atoms with Gasteiger partial charge in [-0.15, -0.1) is 0 Å². The number of anilines is 1. The molecule has 0 saturated heterocycles. The molecule has 1 aromatic carbocycles. The average molecular weight is 300 g/mol. The first-order chi connectivity index (χ1) is 8.86. The molecule has 0 aliphatic rings. The fraction of sp³-hybridized carbons (Fsp3) is 0.385. The number of amides is 1. The Balaban J connectivity index is 2.97. The van der Waals surface area contributed by atoms with Gasteiger partial charge in [-0.05, 0) is 25.1 Å². The molecule has 0 aliphatic carbocycles. The Morgan fingerprint density at radius 3 is 2.47 bits per heavy atom. The molecule has 0 aliphatic heterocycles. The van der Waals surface area contributed by atoms with E-state index in [2.05, 4.69) is 0 Å². The van der Waals surface area contributed by atoms with Gasteiger partial charge in [0, 0.05) is 31.9 Å². The van der Waals surface area contributed by atoms with Gasteiger partial charge in [-0.3, -0.25) is 4.79 Å². The van der Waals surface area contributed by atoms with Crippen LogP contribution in [0.15, 0.2) is 18.2 Å². The molecule has 0 aromatic heterocycles. The number of nitrogens with zero attached hydrogens (tertiary/aromatic N) is 2. The van der Waals surface area contributed by atoms with Gasteiger partial charge in [-0.1, -0.05) is 23.8 Å². The fourth-order valence-electron chi connectivity index (χ4n) is 1.59. The van der Waals surface area contributed by atoms with Gasteiger partial charge in [-0.2, -0.15) is 0 Å². The number of rotatable bonds is 5. The molecule has 0 fully saturated rings. The molecular formula is C13H18ClN3OS. The third-order valence-corrected chi connectivity index (χ3v) is 3.32. The Kier molecular flexibility index (Phi) is 5.57. The number of thiocarbonyl (C=S) groups is 1. The van der Waals surface area contributed by atoms with Gasteiger partial charge in [0.2, 0.25) is 5.91 Å². The molecule has 4 nitrogen and oxygen atoms in total.